The molecule has 0 aromatic heterocycles. The van der Waals surface area contributed by atoms with Gasteiger partial charge in [-0.3, -0.25) is 9.80 Å². The van der Waals surface area contributed by atoms with Crippen LogP contribution in [0.3, 0.4) is 0 Å². The summed E-state index contributed by atoms with van der Waals surface area (Å²) in [4.78, 5) is 15.4. The molecule has 1 saturated heterocycles. The Hall–Kier alpha value is -4.16. The number of carboxylic acids is 1. The molecule has 0 atom stereocenters. The van der Waals surface area contributed by atoms with E-state index in [1.807, 2.05) is 36.4 Å². The van der Waals surface area contributed by atoms with Crippen molar-refractivity contribution >= 4 is 26.6 Å². The number of benzene rings is 4. The highest BCUT2D eigenvalue weighted by Gasteiger charge is 2.17. The first-order chi connectivity index (χ1) is 21.2. The number of aliphatic carboxylic acids is 1. The Kier molecular flexibility index (Phi) is 10.0. The lowest BCUT2D eigenvalue weighted by molar-refractivity contribution is -0.142. The zero-order valence-corrected chi connectivity index (χ0v) is 25.3. The van der Waals surface area contributed by atoms with Crippen LogP contribution in [0.4, 0.5) is 0 Å². The van der Waals surface area contributed by atoms with Crippen LogP contribution in [0, 0.1) is 0 Å². The smallest absolute Gasteiger partial charge is 0.329 e. The molecule has 44 heavy (non-hydrogen) atoms. The number of hydrogen-bond donors (Lipinski definition) is 2. The highest BCUT2D eigenvalue weighted by Crippen LogP contribution is 2.41. The summed E-state index contributed by atoms with van der Waals surface area (Å²) in [7, 11) is -3.32. The standard InChI is InChI=1S/C33H36N2O8S/c1-44(39,40)29-10-2-24(3-11-29)30-12-4-25-22-26(36)5-13-31(25)33(30)43-28-8-6-27(7-9-28)42-21-19-35-16-14-34(15-17-35)18-20-41-23-32(37)38/h2-13,22,36H,14-21,23H2,1H3,(H,37,38). The van der Waals surface area contributed by atoms with Gasteiger partial charge in [-0.15, -0.1) is 0 Å². The predicted molar refractivity (Wildman–Crippen MR) is 168 cm³/mol. The number of carbonyl (C=O) groups is 1. The zero-order chi connectivity index (χ0) is 31.1. The van der Waals surface area contributed by atoms with Crippen molar-refractivity contribution in [2.75, 3.05) is 65.3 Å². The van der Waals surface area contributed by atoms with Gasteiger partial charge < -0.3 is 24.4 Å². The highest BCUT2D eigenvalue weighted by molar-refractivity contribution is 7.90. The molecule has 232 valence electrons. The molecule has 10 nitrogen and oxygen atoms in total. The van der Waals surface area contributed by atoms with E-state index >= 15 is 0 Å². The van der Waals surface area contributed by atoms with Gasteiger partial charge in [0.2, 0.25) is 0 Å². The average Bonchev–Trinajstić information content (AvgIpc) is 3.00. The monoisotopic (exact) mass is 620 g/mol. The Morgan fingerprint density at radius 3 is 2.09 bits per heavy atom. The number of sulfone groups is 1. The summed E-state index contributed by atoms with van der Waals surface area (Å²) in [6.45, 7) is 5.86. The minimum Gasteiger partial charge on any atom is -0.508 e. The van der Waals surface area contributed by atoms with Gasteiger partial charge in [-0.1, -0.05) is 18.2 Å². The third-order valence-corrected chi connectivity index (χ3v) is 8.64. The van der Waals surface area contributed by atoms with Crippen LogP contribution >= 0.6 is 0 Å². The van der Waals surface area contributed by atoms with Gasteiger partial charge in [0.05, 0.1) is 11.5 Å². The molecule has 0 saturated carbocycles. The van der Waals surface area contributed by atoms with Crippen molar-refractivity contribution in [3.05, 3.63) is 78.9 Å². The van der Waals surface area contributed by atoms with E-state index in [4.69, 9.17) is 19.3 Å². The Balaban J connectivity index is 1.20. The molecular formula is C33H36N2O8S. The molecular weight excluding hydrogens is 584 g/mol. The number of phenols is 1. The molecule has 0 bridgehead atoms. The molecule has 0 radical (unpaired) electrons. The fourth-order valence-corrected chi connectivity index (χ4v) is 5.74. The Morgan fingerprint density at radius 1 is 0.818 bits per heavy atom. The number of rotatable bonds is 13. The lowest BCUT2D eigenvalue weighted by Crippen LogP contribution is -2.48. The molecule has 4 aromatic rings. The average molecular weight is 621 g/mol. The van der Waals surface area contributed by atoms with Crippen molar-refractivity contribution in [2.24, 2.45) is 0 Å². The maximum absolute atomic E-state index is 12.0. The number of aromatic hydroxyl groups is 1. The third-order valence-electron chi connectivity index (χ3n) is 7.51. The molecule has 0 unspecified atom stereocenters. The van der Waals surface area contributed by atoms with Crippen LogP contribution in [0.5, 0.6) is 23.0 Å². The number of ether oxygens (including phenoxy) is 3. The second kappa shape index (κ2) is 14.1. The van der Waals surface area contributed by atoms with Crippen molar-refractivity contribution in [2.45, 2.75) is 4.90 Å². The molecule has 5 rings (SSSR count). The van der Waals surface area contributed by atoms with Crippen LogP contribution in [0.15, 0.2) is 83.8 Å². The highest BCUT2D eigenvalue weighted by atomic mass is 32.2. The fourth-order valence-electron chi connectivity index (χ4n) is 5.11. The van der Waals surface area contributed by atoms with Crippen LogP contribution in [0.2, 0.25) is 0 Å². The van der Waals surface area contributed by atoms with E-state index in [2.05, 4.69) is 9.80 Å². The lowest BCUT2D eigenvalue weighted by atomic mass is 9.99. The van der Waals surface area contributed by atoms with Gasteiger partial charge in [0, 0.05) is 56.5 Å². The predicted octanol–water partition coefficient (Wildman–Crippen LogP) is 4.51. The number of nitrogens with zero attached hydrogens (tertiary/aromatic N) is 2. The van der Waals surface area contributed by atoms with Gasteiger partial charge in [0.1, 0.15) is 36.2 Å². The lowest BCUT2D eigenvalue weighted by Gasteiger charge is -2.34. The number of carboxylic acid groups (broad SMARTS) is 1. The second-order valence-electron chi connectivity index (χ2n) is 10.7. The molecule has 1 fully saturated rings. The van der Waals surface area contributed by atoms with Crippen molar-refractivity contribution in [1.82, 2.24) is 9.80 Å². The Labute approximate surface area is 256 Å². The van der Waals surface area contributed by atoms with Crippen LogP contribution in [-0.2, 0) is 19.4 Å². The number of piperazine rings is 1. The van der Waals surface area contributed by atoms with Crippen LogP contribution in [0.25, 0.3) is 21.9 Å². The summed E-state index contributed by atoms with van der Waals surface area (Å²) < 4.78 is 41.5. The number of phenolic OH excluding ortho intramolecular Hbond substituents is 1. The Morgan fingerprint density at radius 2 is 1.45 bits per heavy atom. The van der Waals surface area contributed by atoms with Gasteiger partial charge in [-0.2, -0.15) is 0 Å². The summed E-state index contributed by atoms with van der Waals surface area (Å²) in [5.74, 6) is 1.13. The van der Waals surface area contributed by atoms with E-state index in [0.29, 0.717) is 24.7 Å². The minimum absolute atomic E-state index is 0.152. The third kappa shape index (κ3) is 8.26. The van der Waals surface area contributed by atoms with Gasteiger partial charge in [-0.25, -0.2) is 13.2 Å². The van der Waals surface area contributed by atoms with Gasteiger partial charge in [0.25, 0.3) is 0 Å². The van der Waals surface area contributed by atoms with Crippen molar-refractivity contribution in [3.63, 3.8) is 0 Å². The number of hydrogen-bond acceptors (Lipinski definition) is 9. The quantitative estimate of drug-likeness (QED) is 0.206. The maximum Gasteiger partial charge on any atom is 0.329 e. The molecule has 0 amide bonds. The van der Waals surface area contributed by atoms with Crippen LogP contribution in [0.1, 0.15) is 0 Å². The SMILES string of the molecule is CS(=O)(=O)c1ccc(-c2ccc3cc(O)ccc3c2Oc2ccc(OCCN3CCN(CCOCC(=O)O)CC3)cc2)cc1. The normalized spacial score (nSPS) is 14.5. The molecule has 0 aliphatic carbocycles. The first-order valence-corrected chi connectivity index (χ1v) is 16.3. The summed E-state index contributed by atoms with van der Waals surface area (Å²) in [5.41, 5.74) is 1.59. The van der Waals surface area contributed by atoms with Gasteiger partial charge in [0.15, 0.2) is 9.84 Å². The first kappa shape index (κ1) is 31.3. The molecule has 2 N–H and O–H groups in total. The molecule has 0 spiro atoms. The van der Waals surface area contributed by atoms with E-state index < -0.39 is 15.8 Å². The van der Waals surface area contributed by atoms with E-state index in [9.17, 15) is 18.3 Å². The second-order valence-corrected chi connectivity index (χ2v) is 12.7. The topological polar surface area (TPSA) is 126 Å². The van der Waals surface area contributed by atoms with Gasteiger partial charge in [-0.05, 0) is 71.6 Å². The fraction of sp³-hybridized carbons (Fsp3) is 0.303. The summed E-state index contributed by atoms with van der Waals surface area (Å²) in [5, 5.41) is 20.3. The van der Waals surface area contributed by atoms with E-state index in [1.165, 1.54) is 6.26 Å². The minimum atomic E-state index is -3.32. The molecule has 11 heteroatoms. The zero-order valence-electron chi connectivity index (χ0n) is 24.5. The molecule has 1 aliphatic heterocycles. The maximum atomic E-state index is 12.0. The Bertz CT molecular complexity index is 1680. The van der Waals surface area contributed by atoms with Gasteiger partial charge >= 0.3 is 5.97 Å². The molecule has 1 heterocycles. The molecule has 4 aromatic carbocycles. The largest absolute Gasteiger partial charge is 0.508 e. The summed E-state index contributed by atoms with van der Waals surface area (Å²) in [6.07, 6.45) is 1.18. The van der Waals surface area contributed by atoms with Crippen LogP contribution < -0.4 is 9.47 Å². The summed E-state index contributed by atoms with van der Waals surface area (Å²) >= 11 is 0. The number of fused-ring (bicyclic) bond motifs is 1. The van der Waals surface area contributed by atoms with Crippen molar-refractivity contribution in [1.29, 1.82) is 0 Å². The summed E-state index contributed by atoms with van der Waals surface area (Å²) in [6, 6.07) is 23.0. The van der Waals surface area contributed by atoms with E-state index in [-0.39, 0.29) is 17.3 Å². The van der Waals surface area contributed by atoms with Crippen LogP contribution in [-0.4, -0.2) is 99.7 Å². The molecule has 1 aliphatic rings. The van der Waals surface area contributed by atoms with E-state index in [0.717, 1.165) is 66.9 Å². The van der Waals surface area contributed by atoms with Crippen molar-refractivity contribution in [3.8, 4) is 34.1 Å². The first-order valence-electron chi connectivity index (χ1n) is 14.4. The van der Waals surface area contributed by atoms with E-state index in [1.54, 1.807) is 42.5 Å². The van der Waals surface area contributed by atoms with Crippen molar-refractivity contribution < 1.29 is 37.6 Å².